The number of hydrogen-bond donors (Lipinski definition) is 2. The molecule has 0 aromatic rings. The number of ether oxygens (including phenoxy) is 1. The van der Waals surface area contributed by atoms with E-state index in [1.165, 1.54) is 0 Å². The van der Waals surface area contributed by atoms with Crippen LogP contribution in [0.4, 0.5) is 0 Å². The molecule has 2 N–H and O–H groups in total. The van der Waals surface area contributed by atoms with E-state index in [9.17, 15) is 9.90 Å². The Hall–Kier alpha value is -0.610. The number of methoxy groups -OCH3 is 1. The van der Waals surface area contributed by atoms with Crippen LogP contribution in [0.25, 0.3) is 0 Å². The lowest BCUT2D eigenvalue weighted by atomic mass is 9.84. The summed E-state index contributed by atoms with van der Waals surface area (Å²) in [6.07, 6.45) is 3.14. The van der Waals surface area contributed by atoms with Gasteiger partial charge in [-0.15, -0.1) is 0 Å². The third kappa shape index (κ3) is 5.50. The van der Waals surface area contributed by atoms with Crippen LogP contribution < -0.4 is 5.32 Å². The Bertz CT molecular complexity index is 221. The van der Waals surface area contributed by atoms with Crippen LogP contribution in [0, 0.1) is 5.92 Å². The smallest absolute Gasteiger partial charge is 0.323 e. The van der Waals surface area contributed by atoms with Gasteiger partial charge in [0.05, 0.1) is 0 Å². The molecule has 0 spiro atoms. The molecular formula is C13H27NO3. The molecule has 2 atom stereocenters. The zero-order chi connectivity index (χ0) is 13.3. The van der Waals surface area contributed by atoms with Crippen molar-refractivity contribution in [1.29, 1.82) is 0 Å². The molecule has 0 aliphatic heterocycles. The number of carbonyl (C=O) groups is 1. The van der Waals surface area contributed by atoms with Gasteiger partial charge in [-0.2, -0.15) is 0 Å². The maximum absolute atomic E-state index is 11.5. The van der Waals surface area contributed by atoms with Crippen LogP contribution in [0.15, 0.2) is 0 Å². The van der Waals surface area contributed by atoms with Gasteiger partial charge in [0.15, 0.2) is 0 Å². The molecule has 0 aliphatic carbocycles. The third-order valence-corrected chi connectivity index (χ3v) is 3.40. The van der Waals surface area contributed by atoms with Crippen molar-refractivity contribution in [3.8, 4) is 0 Å². The average Bonchev–Trinajstić information content (AvgIpc) is 2.32. The van der Waals surface area contributed by atoms with Gasteiger partial charge in [0.25, 0.3) is 0 Å². The Morgan fingerprint density at radius 2 is 2.12 bits per heavy atom. The summed E-state index contributed by atoms with van der Waals surface area (Å²) in [6, 6.07) is 0. The first-order chi connectivity index (χ1) is 8.02. The second-order valence-corrected chi connectivity index (χ2v) is 4.73. The maximum Gasteiger partial charge on any atom is 0.323 e. The van der Waals surface area contributed by atoms with Gasteiger partial charge in [-0.05, 0) is 31.7 Å². The van der Waals surface area contributed by atoms with Crippen molar-refractivity contribution in [1.82, 2.24) is 5.32 Å². The number of carboxylic acids is 1. The van der Waals surface area contributed by atoms with Crippen molar-refractivity contribution >= 4 is 5.97 Å². The van der Waals surface area contributed by atoms with E-state index in [-0.39, 0.29) is 0 Å². The minimum Gasteiger partial charge on any atom is -0.480 e. The van der Waals surface area contributed by atoms with Crippen LogP contribution in [0.5, 0.6) is 0 Å². The predicted octanol–water partition coefficient (Wildman–Crippen LogP) is 2.28. The minimum atomic E-state index is -0.775. The van der Waals surface area contributed by atoms with Gasteiger partial charge in [0.2, 0.25) is 0 Å². The fourth-order valence-corrected chi connectivity index (χ4v) is 1.94. The van der Waals surface area contributed by atoms with E-state index in [2.05, 4.69) is 19.2 Å². The van der Waals surface area contributed by atoms with E-state index >= 15 is 0 Å². The molecule has 2 unspecified atom stereocenters. The first-order valence-electron chi connectivity index (χ1n) is 6.49. The SMILES string of the molecule is CCC(C)CC(CC)(NCCCOC)C(=O)O. The fraction of sp³-hybridized carbons (Fsp3) is 0.923. The minimum absolute atomic E-state index is 0.418. The van der Waals surface area contributed by atoms with Crippen LogP contribution >= 0.6 is 0 Å². The maximum atomic E-state index is 11.5. The van der Waals surface area contributed by atoms with Crippen LogP contribution in [0.1, 0.15) is 46.5 Å². The predicted molar refractivity (Wildman–Crippen MR) is 69.2 cm³/mol. The van der Waals surface area contributed by atoms with Crippen molar-refractivity contribution in [3.05, 3.63) is 0 Å². The Kier molecular flexibility index (Phi) is 8.17. The zero-order valence-corrected chi connectivity index (χ0v) is 11.6. The zero-order valence-electron chi connectivity index (χ0n) is 11.6. The lowest BCUT2D eigenvalue weighted by Crippen LogP contribution is -2.53. The van der Waals surface area contributed by atoms with Crippen LogP contribution in [-0.4, -0.2) is 36.9 Å². The molecule has 102 valence electrons. The van der Waals surface area contributed by atoms with E-state index < -0.39 is 11.5 Å². The lowest BCUT2D eigenvalue weighted by Gasteiger charge is -2.32. The van der Waals surface area contributed by atoms with E-state index in [1.807, 2.05) is 6.92 Å². The monoisotopic (exact) mass is 245 g/mol. The van der Waals surface area contributed by atoms with Gasteiger partial charge in [-0.25, -0.2) is 0 Å². The van der Waals surface area contributed by atoms with Crippen molar-refractivity contribution in [3.63, 3.8) is 0 Å². The van der Waals surface area contributed by atoms with Gasteiger partial charge in [0.1, 0.15) is 5.54 Å². The third-order valence-electron chi connectivity index (χ3n) is 3.40. The number of aliphatic carboxylic acids is 1. The van der Waals surface area contributed by atoms with Crippen molar-refractivity contribution in [2.45, 2.75) is 52.0 Å². The molecule has 0 rings (SSSR count). The average molecular weight is 245 g/mol. The highest BCUT2D eigenvalue weighted by molar-refractivity contribution is 5.78. The largest absolute Gasteiger partial charge is 0.480 e. The Balaban J connectivity index is 4.43. The Morgan fingerprint density at radius 3 is 2.53 bits per heavy atom. The van der Waals surface area contributed by atoms with Crippen molar-refractivity contribution in [2.24, 2.45) is 5.92 Å². The topological polar surface area (TPSA) is 58.6 Å². The number of nitrogens with one attached hydrogen (secondary N) is 1. The molecule has 0 amide bonds. The van der Waals surface area contributed by atoms with E-state index in [0.29, 0.717) is 31.9 Å². The highest BCUT2D eigenvalue weighted by atomic mass is 16.5. The van der Waals surface area contributed by atoms with Crippen molar-refractivity contribution in [2.75, 3.05) is 20.3 Å². The molecule has 0 saturated carbocycles. The van der Waals surface area contributed by atoms with Gasteiger partial charge < -0.3 is 15.2 Å². The van der Waals surface area contributed by atoms with Gasteiger partial charge >= 0.3 is 5.97 Å². The van der Waals surface area contributed by atoms with E-state index in [0.717, 1.165) is 12.8 Å². The highest BCUT2D eigenvalue weighted by Crippen LogP contribution is 2.23. The van der Waals surface area contributed by atoms with Gasteiger partial charge in [-0.3, -0.25) is 4.79 Å². The molecule has 0 fully saturated rings. The molecule has 0 radical (unpaired) electrons. The van der Waals surface area contributed by atoms with Crippen LogP contribution in [-0.2, 0) is 9.53 Å². The van der Waals surface area contributed by atoms with E-state index in [1.54, 1.807) is 7.11 Å². The summed E-state index contributed by atoms with van der Waals surface area (Å²) in [5.74, 6) is -0.321. The molecule has 0 aromatic carbocycles. The van der Waals surface area contributed by atoms with Crippen molar-refractivity contribution < 1.29 is 14.6 Å². The summed E-state index contributed by atoms with van der Waals surface area (Å²) in [7, 11) is 1.66. The number of carboxylic acid groups (broad SMARTS) is 1. The van der Waals surface area contributed by atoms with Gasteiger partial charge in [-0.1, -0.05) is 27.2 Å². The van der Waals surface area contributed by atoms with Crippen LogP contribution in [0.3, 0.4) is 0 Å². The summed E-state index contributed by atoms with van der Waals surface area (Å²) in [5.41, 5.74) is -0.775. The van der Waals surface area contributed by atoms with Crippen LogP contribution in [0.2, 0.25) is 0 Å². The quantitative estimate of drug-likeness (QED) is 0.580. The second kappa shape index (κ2) is 8.48. The second-order valence-electron chi connectivity index (χ2n) is 4.73. The molecule has 0 heterocycles. The molecule has 4 nitrogen and oxygen atoms in total. The Morgan fingerprint density at radius 1 is 1.47 bits per heavy atom. The summed E-state index contributed by atoms with van der Waals surface area (Å²) in [4.78, 5) is 11.5. The summed E-state index contributed by atoms with van der Waals surface area (Å²) >= 11 is 0. The summed E-state index contributed by atoms with van der Waals surface area (Å²) < 4.78 is 4.97. The summed E-state index contributed by atoms with van der Waals surface area (Å²) in [6.45, 7) is 7.47. The molecule has 0 saturated heterocycles. The molecular weight excluding hydrogens is 218 g/mol. The normalized spacial score (nSPS) is 16.5. The molecule has 17 heavy (non-hydrogen) atoms. The first kappa shape index (κ1) is 16.4. The lowest BCUT2D eigenvalue weighted by molar-refractivity contribution is -0.146. The molecule has 0 bridgehead atoms. The standard InChI is InChI=1S/C13H27NO3/c1-5-11(3)10-13(6-2,12(15)16)14-8-7-9-17-4/h11,14H,5-10H2,1-4H3,(H,15,16). The number of hydrogen-bond acceptors (Lipinski definition) is 3. The van der Waals surface area contributed by atoms with Gasteiger partial charge in [0, 0.05) is 13.7 Å². The molecule has 4 heteroatoms. The highest BCUT2D eigenvalue weighted by Gasteiger charge is 2.36. The molecule has 0 aromatic heterocycles. The van der Waals surface area contributed by atoms with E-state index in [4.69, 9.17) is 4.74 Å². The summed E-state index contributed by atoms with van der Waals surface area (Å²) in [5, 5.41) is 12.6. The first-order valence-corrected chi connectivity index (χ1v) is 6.49. The number of rotatable bonds is 10. The Labute approximate surface area is 105 Å². The molecule has 0 aliphatic rings. The fourth-order valence-electron chi connectivity index (χ4n) is 1.94.